The minimum absolute atomic E-state index is 0.00370. The summed E-state index contributed by atoms with van der Waals surface area (Å²) in [5.74, 6) is -1.23. The van der Waals surface area contributed by atoms with Gasteiger partial charge in [-0.25, -0.2) is 9.78 Å². The number of para-hydroxylation sites is 1. The van der Waals surface area contributed by atoms with Crippen LogP contribution in [0.1, 0.15) is 33.3 Å². The third-order valence-corrected chi connectivity index (χ3v) is 8.03. The summed E-state index contributed by atoms with van der Waals surface area (Å²) in [5.41, 5.74) is 1.29. The number of pyridine rings is 1. The Morgan fingerprint density at radius 3 is 2.69 bits per heavy atom. The van der Waals surface area contributed by atoms with Crippen molar-refractivity contribution in [3.05, 3.63) is 69.4 Å². The van der Waals surface area contributed by atoms with Crippen molar-refractivity contribution in [2.45, 2.75) is 32.5 Å². The first kappa shape index (κ1) is 23.5. The van der Waals surface area contributed by atoms with Gasteiger partial charge in [0, 0.05) is 17.1 Å². The van der Waals surface area contributed by atoms with E-state index in [0.29, 0.717) is 11.3 Å². The van der Waals surface area contributed by atoms with Crippen molar-refractivity contribution in [3.63, 3.8) is 0 Å². The number of amides is 1. The number of rotatable bonds is 4. The van der Waals surface area contributed by atoms with Crippen LogP contribution in [-0.4, -0.2) is 29.5 Å². The Hall–Kier alpha value is -3.24. The zero-order valence-electron chi connectivity index (χ0n) is 18.7. The van der Waals surface area contributed by atoms with Gasteiger partial charge in [0.2, 0.25) is 0 Å². The first-order valence-electron chi connectivity index (χ1n) is 10.8. The second-order valence-electron chi connectivity index (χ2n) is 8.29. The van der Waals surface area contributed by atoms with Crippen molar-refractivity contribution in [2.75, 3.05) is 11.5 Å². The maximum atomic E-state index is 13.9. The number of carbonyl (C=O) groups excluding carboxylic acids is 2. The maximum absolute atomic E-state index is 13.9. The molecule has 0 spiro atoms. The normalized spacial score (nSPS) is 15.5. The van der Waals surface area contributed by atoms with E-state index in [0.717, 1.165) is 28.7 Å². The molecule has 1 atom stereocenters. The van der Waals surface area contributed by atoms with Gasteiger partial charge < -0.3 is 9.64 Å². The lowest BCUT2D eigenvalue weighted by molar-refractivity contribution is -0.136. The van der Waals surface area contributed by atoms with E-state index in [1.54, 1.807) is 22.4 Å². The van der Waals surface area contributed by atoms with E-state index in [-0.39, 0.29) is 38.3 Å². The number of alkyl halides is 3. The second kappa shape index (κ2) is 8.76. The number of hydrogen-bond acceptors (Lipinski definition) is 6. The van der Waals surface area contributed by atoms with Crippen molar-refractivity contribution in [3.8, 4) is 10.6 Å². The monoisotopic (exact) mass is 516 g/mol. The summed E-state index contributed by atoms with van der Waals surface area (Å²) in [5, 5.41) is 1.64. The van der Waals surface area contributed by atoms with Crippen LogP contribution in [0.3, 0.4) is 0 Å². The van der Waals surface area contributed by atoms with Crippen LogP contribution in [0, 0.1) is 6.92 Å². The summed E-state index contributed by atoms with van der Waals surface area (Å²) in [6.07, 6.45) is -3.93. The van der Waals surface area contributed by atoms with Crippen molar-refractivity contribution in [2.24, 2.45) is 0 Å². The van der Waals surface area contributed by atoms with Gasteiger partial charge in [0.05, 0.1) is 16.1 Å². The lowest BCUT2D eigenvalue weighted by atomic mass is 10.1. The highest BCUT2D eigenvalue weighted by Crippen LogP contribution is 2.42. The van der Waals surface area contributed by atoms with E-state index in [4.69, 9.17) is 4.74 Å². The Labute approximate surface area is 206 Å². The van der Waals surface area contributed by atoms with Gasteiger partial charge in [-0.2, -0.15) is 13.2 Å². The minimum Gasteiger partial charge on any atom is -0.451 e. The number of nitrogens with zero attached hydrogens (tertiary/aromatic N) is 2. The molecular weight excluding hydrogens is 497 g/mol. The number of carbonyl (C=O) groups is 2. The molecule has 4 aromatic rings. The van der Waals surface area contributed by atoms with Gasteiger partial charge in [0.25, 0.3) is 5.91 Å². The number of esters is 1. The summed E-state index contributed by atoms with van der Waals surface area (Å²) in [6.45, 7) is 2.84. The fraction of sp³-hybridized carbons (Fsp3) is 0.240. The van der Waals surface area contributed by atoms with Gasteiger partial charge >= 0.3 is 12.1 Å². The summed E-state index contributed by atoms with van der Waals surface area (Å²) >= 11 is 2.12. The van der Waals surface area contributed by atoms with Gasteiger partial charge in [-0.1, -0.05) is 24.3 Å². The highest BCUT2D eigenvalue weighted by atomic mass is 32.1. The van der Waals surface area contributed by atoms with E-state index < -0.39 is 24.3 Å². The van der Waals surface area contributed by atoms with Crippen LogP contribution in [0.5, 0.6) is 0 Å². The number of halogens is 3. The quantitative estimate of drug-likeness (QED) is 0.291. The smallest absolute Gasteiger partial charge is 0.417 e. The van der Waals surface area contributed by atoms with E-state index >= 15 is 0 Å². The molecular formula is C25H19F3N2O3S2. The molecule has 1 amide bonds. The van der Waals surface area contributed by atoms with Gasteiger partial charge in [-0.3, -0.25) is 4.79 Å². The fourth-order valence-corrected chi connectivity index (χ4v) is 6.21. The van der Waals surface area contributed by atoms with Crippen LogP contribution in [0.25, 0.3) is 20.8 Å². The predicted octanol–water partition coefficient (Wildman–Crippen LogP) is 6.49. The van der Waals surface area contributed by atoms with Crippen LogP contribution in [0.15, 0.2) is 47.8 Å². The summed E-state index contributed by atoms with van der Waals surface area (Å²) in [4.78, 5) is 32.4. The van der Waals surface area contributed by atoms with E-state index in [1.165, 1.54) is 18.3 Å². The highest BCUT2D eigenvalue weighted by Gasteiger charge is 2.36. The highest BCUT2D eigenvalue weighted by molar-refractivity contribution is 7.20. The molecule has 10 heteroatoms. The summed E-state index contributed by atoms with van der Waals surface area (Å²) in [7, 11) is 0. The first-order chi connectivity index (χ1) is 16.6. The van der Waals surface area contributed by atoms with E-state index in [9.17, 15) is 22.8 Å². The molecule has 0 N–H and O–H groups in total. The summed E-state index contributed by atoms with van der Waals surface area (Å²) in [6, 6.07) is 11.9. The standard InChI is InChI=1S/C25H19F3N2O3S2/c1-13-10-15-6-3-4-7-18(15)30(13)20(31)12-33-24(32)22-14(2)21-16(25(26,27)28)11-17(29-23(21)35-22)19-8-5-9-34-19/h3-9,11,13H,10,12H2,1-2H3/t13-/m1/s1. The Morgan fingerprint density at radius 1 is 1.20 bits per heavy atom. The van der Waals surface area contributed by atoms with Crippen molar-refractivity contribution in [1.82, 2.24) is 4.98 Å². The molecule has 180 valence electrons. The number of hydrogen-bond donors (Lipinski definition) is 0. The number of aryl methyl sites for hydroxylation is 1. The van der Waals surface area contributed by atoms with Crippen LogP contribution < -0.4 is 4.90 Å². The molecule has 0 saturated heterocycles. The van der Waals surface area contributed by atoms with Gasteiger partial charge in [-0.05, 0) is 55.0 Å². The number of aromatic nitrogens is 1. The average Bonchev–Trinajstić information content (AvgIpc) is 3.53. The molecule has 5 rings (SSSR count). The minimum atomic E-state index is -4.63. The zero-order valence-corrected chi connectivity index (χ0v) is 20.3. The molecule has 3 aromatic heterocycles. The number of thiophene rings is 2. The molecule has 0 aliphatic carbocycles. The Bertz CT molecular complexity index is 1440. The number of anilines is 1. The summed E-state index contributed by atoms with van der Waals surface area (Å²) < 4.78 is 47.1. The molecule has 0 bridgehead atoms. The molecule has 0 fully saturated rings. The van der Waals surface area contributed by atoms with Crippen LogP contribution >= 0.6 is 22.7 Å². The lowest BCUT2D eigenvalue weighted by Gasteiger charge is -2.22. The molecule has 0 unspecified atom stereocenters. The van der Waals surface area contributed by atoms with Crippen LogP contribution in [-0.2, 0) is 22.1 Å². The first-order valence-corrected chi connectivity index (χ1v) is 12.5. The Kier molecular flexibility index (Phi) is 5.88. The molecule has 1 aliphatic heterocycles. The number of ether oxygens (including phenoxy) is 1. The molecule has 0 saturated carbocycles. The van der Waals surface area contributed by atoms with E-state index in [1.807, 2.05) is 31.2 Å². The maximum Gasteiger partial charge on any atom is 0.417 e. The topological polar surface area (TPSA) is 59.5 Å². The molecule has 0 radical (unpaired) electrons. The molecule has 1 aromatic carbocycles. The van der Waals surface area contributed by atoms with Crippen LogP contribution in [0.2, 0.25) is 0 Å². The zero-order chi connectivity index (χ0) is 24.9. The van der Waals surface area contributed by atoms with Gasteiger partial charge in [0.15, 0.2) is 6.61 Å². The molecule has 35 heavy (non-hydrogen) atoms. The molecule has 5 nitrogen and oxygen atoms in total. The van der Waals surface area contributed by atoms with Gasteiger partial charge in [-0.15, -0.1) is 22.7 Å². The largest absolute Gasteiger partial charge is 0.451 e. The van der Waals surface area contributed by atoms with Crippen LogP contribution in [0.4, 0.5) is 18.9 Å². The van der Waals surface area contributed by atoms with Crippen molar-refractivity contribution in [1.29, 1.82) is 0 Å². The Morgan fingerprint density at radius 2 is 1.97 bits per heavy atom. The predicted molar refractivity (Wildman–Crippen MR) is 130 cm³/mol. The molecule has 1 aliphatic rings. The van der Waals surface area contributed by atoms with E-state index in [2.05, 4.69) is 4.98 Å². The van der Waals surface area contributed by atoms with Crippen molar-refractivity contribution < 1.29 is 27.5 Å². The number of benzene rings is 1. The van der Waals surface area contributed by atoms with Crippen molar-refractivity contribution >= 4 is 50.5 Å². The fourth-order valence-electron chi connectivity index (χ4n) is 4.42. The third-order valence-electron chi connectivity index (χ3n) is 5.97. The number of fused-ring (bicyclic) bond motifs is 2. The average molecular weight is 517 g/mol. The SMILES string of the molecule is Cc1c(C(=O)OCC(=O)N2c3ccccc3C[C@H]2C)sc2nc(-c3cccs3)cc(C(F)(F)F)c12. The second-order valence-corrected chi connectivity index (χ2v) is 10.2. The Balaban J connectivity index is 1.43. The lowest BCUT2D eigenvalue weighted by Crippen LogP contribution is -2.38. The third kappa shape index (κ3) is 4.21. The molecule has 4 heterocycles. The van der Waals surface area contributed by atoms with Gasteiger partial charge in [0.1, 0.15) is 9.71 Å².